The van der Waals surface area contributed by atoms with Gasteiger partial charge < -0.3 is 9.30 Å². The number of ether oxygens (including phenoxy) is 1. The second-order valence-corrected chi connectivity index (χ2v) is 8.91. The van der Waals surface area contributed by atoms with Crippen LogP contribution in [0, 0.1) is 19.3 Å². The van der Waals surface area contributed by atoms with Crippen molar-refractivity contribution in [1.82, 2.24) is 9.47 Å². The van der Waals surface area contributed by atoms with Gasteiger partial charge in [-0.2, -0.15) is 0 Å². The van der Waals surface area contributed by atoms with Crippen molar-refractivity contribution < 1.29 is 19.1 Å². The van der Waals surface area contributed by atoms with Gasteiger partial charge in [0.1, 0.15) is 5.75 Å². The molecule has 2 amide bonds. The molecule has 6 heteroatoms. The number of rotatable bonds is 7. The number of ketones is 1. The number of hydrogen-bond acceptors (Lipinski definition) is 4. The maximum absolute atomic E-state index is 13.1. The van der Waals surface area contributed by atoms with Crippen molar-refractivity contribution in [3.8, 4) is 5.75 Å². The zero-order chi connectivity index (χ0) is 22.2. The second kappa shape index (κ2) is 8.33. The minimum Gasteiger partial charge on any atom is -0.497 e. The number of aromatic nitrogens is 1. The van der Waals surface area contributed by atoms with Gasteiger partial charge in [0, 0.05) is 29.9 Å². The Hall–Kier alpha value is -2.89. The highest BCUT2D eigenvalue weighted by atomic mass is 16.5. The summed E-state index contributed by atoms with van der Waals surface area (Å²) in [5.74, 6) is 0.320. The number of nitrogens with zero attached hydrogens (tertiary/aromatic N) is 2. The molecule has 1 saturated heterocycles. The third kappa shape index (κ3) is 3.91. The van der Waals surface area contributed by atoms with Crippen LogP contribution in [0.4, 0.5) is 0 Å². The van der Waals surface area contributed by atoms with E-state index in [0.29, 0.717) is 5.56 Å². The van der Waals surface area contributed by atoms with Crippen molar-refractivity contribution in [1.29, 1.82) is 0 Å². The van der Waals surface area contributed by atoms with Crippen LogP contribution in [0.15, 0.2) is 30.3 Å². The van der Waals surface area contributed by atoms with Gasteiger partial charge in [-0.3, -0.25) is 19.3 Å². The van der Waals surface area contributed by atoms with E-state index in [2.05, 4.69) is 4.57 Å². The highest BCUT2D eigenvalue weighted by molar-refractivity contribution is 6.10. The lowest BCUT2D eigenvalue weighted by atomic mass is 9.84. The summed E-state index contributed by atoms with van der Waals surface area (Å²) in [6.07, 6.45) is 4.59. The van der Waals surface area contributed by atoms with E-state index in [-0.39, 0.29) is 30.6 Å². The zero-order valence-electron chi connectivity index (χ0n) is 18.6. The first kappa shape index (κ1) is 21.3. The van der Waals surface area contributed by atoms with Crippen LogP contribution in [-0.2, 0) is 22.6 Å². The third-order valence-electron chi connectivity index (χ3n) is 7.01. The van der Waals surface area contributed by atoms with Crippen LogP contribution >= 0.6 is 0 Å². The van der Waals surface area contributed by atoms with Crippen molar-refractivity contribution in [2.75, 3.05) is 13.7 Å². The summed E-state index contributed by atoms with van der Waals surface area (Å²) in [7, 11) is 1.65. The minimum absolute atomic E-state index is 0.142. The molecule has 1 aromatic heterocycles. The fourth-order valence-corrected chi connectivity index (χ4v) is 5.15. The Bertz CT molecular complexity index is 1010. The van der Waals surface area contributed by atoms with Crippen LogP contribution in [-0.4, -0.2) is 40.7 Å². The van der Waals surface area contributed by atoms with E-state index in [4.69, 9.17) is 4.74 Å². The average Bonchev–Trinajstić information content (AvgIpc) is 3.41. The lowest BCUT2D eigenvalue weighted by Gasteiger charge is -2.20. The minimum atomic E-state index is -0.535. The number of amides is 2. The summed E-state index contributed by atoms with van der Waals surface area (Å²) in [5.41, 5.74) is 3.13. The topological polar surface area (TPSA) is 68.6 Å². The van der Waals surface area contributed by atoms with E-state index >= 15 is 0 Å². The molecule has 0 radical (unpaired) electrons. The Labute approximate surface area is 183 Å². The Balaban J connectivity index is 1.45. The smallest absolute Gasteiger partial charge is 0.236 e. The predicted molar refractivity (Wildman–Crippen MR) is 117 cm³/mol. The molecule has 6 nitrogen and oxygen atoms in total. The molecule has 31 heavy (non-hydrogen) atoms. The molecule has 1 aliphatic heterocycles. The number of Topliss-reactive ketones (excluding diaryl/α,β-unsaturated/α-hetero) is 1. The van der Waals surface area contributed by atoms with E-state index in [0.717, 1.165) is 55.8 Å². The number of methoxy groups -OCH3 is 1. The van der Waals surface area contributed by atoms with Gasteiger partial charge in [0.05, 0.1) is 19.1 Å². The lowest BCUT2D eigenvalue weighted by Crippen LogP contribution is -2.38. The molecule has 4 rings (SSSR count). The summed E-state index contributed by atoms with van der Waals surface area (Å²) >= 11 is 0. The van der Waals surface area contributed by atoms with Gasteiger partial charge in [-0.05, 0) is 56.9 Å². The molecule has 1 spiro atoms. The van der Waals surface area contributed by atoms with Gasteiger partial charge in [0.25, 0.3) is 0 Å². The first-order valence-corrected chi connectivity index (χ1v) is 11.0. The molecule has 0 N–H and O–H groups in total. The second-order valence-electron chi connectivity index (χ2n) is 8.91. The van der Waals surface area contributed by atoms with Crippen LogP contribution in [0.1, 0.15) is 59.4 Å². The highest BCUT2D eigenvalue weighted by Gasteiger charge is 2.52. The lowest BCUT2D eigenvalue weighted by molar-refractivity contribution is -0.140. The number of hydrogen-bond donors (Lipinski definition) is 0. The van der Waals surface area contributed by atoms with Crippen LogP contribution in [0.2, 0.25) is 0 Å². The summed E-state index contributed by atoms with van der Waals surface area (Å²) in [5, 5.41) is 0. The van der Waals surface area contributed by atoms with Gasteiger partial charge in [-0.15, -0.1) is 0 Å². The number of likely N-dealkylation sites (tertiary alicyclic amines) is 1. The van der Waals surface area contributed by atoms with Crippen LogP contribution in [0.5, 0.6) is 5.75 Å². The monoisotopic (exact) mass is 422 g/mol. The number of carbonyl (C=O) groups is 3. The van der Waals surface area contributed by atoms with E-state index in [1.54, 1.807) is 7.11 Å². The first-order chi connectivity index (χ1) is 14.8. The van der Waals surface area contributed by atoms with E-state index in [1.807, 2.05) is 44.2 Å². The first-order valence-electron chi connectivity index (χ1n) is 11.0. The van der Waals surface area contributed by atoms with Crippen LogP contribution in [0.25, 0.3) is 0 Å². The number of imide groups is 1. The van der Waals surface area contributed by atoms with Crippen LogP contribution in [0.3, 0.4) is 0 Å². The Kier molecular flexibility index (Phi) is 5.73. The number of carbonyl (C=O) groups excluding carboxylic acids is 3. The summed E-state index contributed by atoms with van der Waals surface area (Å²) in [6, 6.07) is 9.86. The molecule has 0 atom stereocenters. The number of aryl methyl sites for hydroxylation is 2. The summed E-state index contributed by atoms with van der Waals surface area (Å²) in [4.78, 5) is 39.7. The molecule has 1 aromatic carbocycles. The maximum atomic E-state index is 13.1. The molecule has 2 aromatic rings. The molecular weight excluding hydrogens is 392 g/mol. The van der Waals surface area contributed by atoms with Gasteiger partial charge in [0.15, 0.2) is 5.78 Å². The SMILES string of the molecule is COc1ccc(CCn2c(C)cc(C(=O)CN3C(=O)CC4(CCCC4)C3=O)c2C)cc1. The van der Waals surface area contributed by atoms with E-state index < -0.39 is 5.41 Å². The molecular formula is C25H30N2O4. The van der Waals surface area contributed by atoms with Crippen molar-refractivity contribution in [2.24, 2.45) is 5.41 Å². The van der Waals surface area contributed by atoms with Gasteiger partial charge in [-0.1, -0.05) is 25.0 Å². The van der Waals surface area contributed by atoms with Gasteiger partial charge in [-0.25, -0.2) is 0 Å². The van der Waals surface area contributed by atoms with E-state index in [9.17, 15) is 14.4 Å². The fraction of sp³-hybridized carbons (Fsp3) is 0.480. The summed E-state index contributed by atoms with van der Waals surface area (Å²) < 4.78 is 7.33. The quantitative estimate of drug-likeness (QED) is 0.502. The molecule has 0 bridgehead atoms. The Morgan fingerprint density at radius 2 is 1.77 bits per heavy atom. The van der Waals surface area contributed by atoms with E-state index in [1.165, 1.54) is 10.5 Å². The highest BCUT2D eigenvalue weighted by Crippen LogP contribution is 2.46. The normalized spacial score (nSPS) is 17.7. The standard InChI is InChI=1S/C25H30N2O4/c1-17-14-21(18(2)26(17)13-10-19-6-8-20(31-3)9-7-19)22(28)16-27-23(29)15-25(24(27)30)11-4-5-12-25/h6-9,14H,4-5,10-13,15-16H2,1-3H3. The summed E-state index contributed by atoms with van der Waals surface area (Å²) in [6.45, 7) is 4.52. The molecule has 2 fully saturated rings. The molecule has 2 heterocycles. The Morgan fingerprint density at radius 3 is 2.42 bits per heavy atom. The van der Waals surface area contributed by atoms with Crippen molar-refractivity contribution in [3.05, 3.63) is 52.8 Å². The van der Waals surface area contributed by atoms with Crippen LogP contribution < -0.4 is 4.74 Å². The predicted octanol–water partition coefficient (Wildman–Crippen LogP) is 3.86. The molecule has 1 aliphatic carbocycles. The average molecular weight is 423 g/mol. The van der Waals surface area contributed by atoms with Crippen molar-refractivity contribution in [3.63, 3.8) is 0 Å². The maximum Gasteiger partial charge on any atom is 0.236 e. The molecule has 164 valence electrons. The Morgan fingerprint density at radius 1 is 1.10 bits per heavy atom. The van der Waals surface area contributed by atoms with Crippen molar-refractivity contribution >= 4 is 17.6 Å². The van der Waals surface area contributed by atoms with Crippen molar-refractivity contribution in [2.45, 2.75) is 58.9 Å². The molecule has 1 saturated carbocycles. The van der Waals surface area contributed by atoms with Gasteiger partial charge in [0.2, 0.25) is 11.8 Å². The molecule has 0 unspecified atom stereocenters. The zero-order valence-corrected chi connectivity index (χ0v) is 18.6. The van der Waals surface area contributed by atoms with Gasteiger partial charge >= 0.3 is 0 Å². The molecule has 2 aliphatic rings. The number of benzene rings is 1. The fourth-order valence-electron chi connectivity index (χ4n) is 5.15. The third-order valence-corrected chi connectivity index (χ3v) is 7.01. The largest absolute Gasteiger partial charge is 0.497 e.